The second-order valence-electron chi connectivity index (χ2n) is 15.3. The highest BCUT2D eigenvalue weighted by molar-refractivity contribution is 5.97. The topological polar surface area (TPSA) is 99.2 Å². The molecular weight excluding hydrogens is 660 g/mol. The molecule has 2 heterocycles. The SMILES string of the molecule is COc1ccc(C(=O)COC2CCCCC2N2CC[C@@H](C)C2)cc1OC.COc1ccc(C(O)COC2CCCCC2N2CC[C@@H](C)C2)cc1OC. The van der Waals surface area contributed by atoms with E-state index in [4.69, 9.17) is 28.4 Å². The first-order valence-corrected chi connectivity index (χ1v) is 19.6. The zero-order valence-corrected chi connectivity index (χ0v) is 32.5. The minimum absolute atomic E-state index is 0.00920. The Hall–Kier alpha value is -2.89. The van der Waals surface area contributed by atoms with Gasteiger partial charge in [0.25, 0.3) is 0 Å². The Bertz CT molecular complexity index is 1410. The Balaban J connectivity index is 0.000000201. The van der Waals surface area contributed by atoms with Crippen LogP contribution in [-0.2, 0) is 9.47 Å². The third kappa shape index (κ3) is 10.6. The van der Waals surface area contributed by atoms with Crippen molar-refractivity contribution in [2.45, 2.75) is 108 Å². The molecular formula is C42H64N2O8. The van der Waals surface area contributed by atoms with E-state index in [2.05, 4.69) is 23.6 Å². The maximum atomic E-state index is 12.6. The second kappa shape index (κ2) is 20.0. The Kier molecular flexibility index (Phi) is 15.5. The molecule has 2 saturated heterocycles. The summed E-state index contributed by atoms with van der Waals surface area (Å²) in [5, 5.41) is 10.6. The Morgan fingerprint density at radius 1 is 0.673 bits per heavy atom. The van der Waals surface area contributed by atoms with E-state index in [1.165, 1.54) is 64.5 Å². The molecule has 0 aromatic heterocycles. The molecule has 4 aliphatic rings. The molecule has 2 saturated carbocycles. The molecule has 10 heteroatoms. The smallest absolute Gasteiger partial charge is 0.188 e. The van der Waals surface area contributed by atoms with E-state index in [0.29, 0.717) is 47.3 Å². The van der Waals surface area contributed by atoms with Crippen LogP contribution in [0.1, 0.15) is 100 Å². The summed E-state index contributed by atoms with van der Waals surface area (Å²) in [6, 6.07) is 11.8. The number of benzene rings is 2. The predicted octanol–water partition coefficient (Wildman–Crippen LogP) is 6.96. The average molecular weight is 725 g/mol. The number of Topliss-reactive ketones (excluding diaryl/α,β-unsaturated/α-hetero) is 1. The number of likely N-dealkylation sites (tertiary alicyclic amines) is 2. The van der Waals surface area contributed by atoms with Gasteiger partial charge in [0.05, 0.1) is 47.3 Å². The van der Waals surface area contributed by atoms with E-state index in [1.54, 1.807) is 46.6 Å². The number of aliphatic hydroxyl groups is 1. The molecule has 2 aliphatic heterocycles. The molecule has 0 bridgehead atoms. The number of methoxy groups -OCH3 is 4. The number of hydrogen-bond acceptors (Lipinski definition) is 10. The molecule has 2 aromatic rings. The number of carbonyl (C=O) groups excluding carboxylic acids is 1. The summed E-state index contributed by atoms with van der Waals surface area (Å²) < 4.78 is 33.5. The highest BCUT2D eigenvalue weighted by atomic mass is 16.5. The number of aliphatic hydroxyl groups excluding tert-OH is 1. The van der Waals surface area contributed by atoms with Crippen molar-refractivity contribution in [3.05, 3.63) is 47.5 Å². The number of ketones is 1. The largest absolute Gasteiger partial charge is 0.493 e. The first-order chi connectivity index (χ1) is 25.2. The molecule has 10 nitrogen and oxygen atoms in total. The number of rotatable bonds is 14. The van der Waals surface area contributed by atoms with Gasteiger partial charge in [-0.15, -0.1) is 0 Å². The lowest BCUT2D eigenvalue weighted by Crippen LogP contribution is -2.46. The monoisotopic (exact) mass is 724 g/mol. The van der Waals surface area contributed by atoms with Crippen LogP contribution in [0.5, 0.6) is 23.0 Å². The van der Waals surface area contributed by atoms with Crippen molar-refractivity contribution in [3.63, 3.8) is 0 Å². The van der Waals surface area contributed by atoms with Crippen molar-refractivity contribution in [3.8, 4) is 23.0 Å². The van der Waals surface area contributed by atoms with Gasteiger partial charge in [0.15, 0.2) is 28.8 Å². The van der Waals surface area contributed by atoms with Crippen LogP contribution in [0.15, 0.2) is 36.4 Å². The zero-order chi connectivity index (χ0) is 37.0. The Morgan fingerprint density at radius 3 is 1.69 bits per heavy atom. The molecule has 7 atom stereocenters. The summed E-state index contributed by atoms with van der Waals surface area (Å²) in [7, 11) is 6.38. The summed E-state index contributed by atoms with van der Waals surface area (Å²) in [5.41, 5.74) is 1.40. The van der Waals surface area contributed by atoms with Gasteiger partial charge in [-0.3, -0.25) is 14.6 Å². The fourth-order valence-electron chi connectivity index (χ4n) is 8.57. The summed E-state index contributed by atoms with van der Waals surface area (Å²) in [6.07, 6.45) is 11.8. The molecule has 2 aromatic carbocycles. The number of carbonyl (C=O) groups is 1. The standard InChI is InChI=1S/C21H33NO4.C21H31NO4/c2*1-15-10-11-22(13-15)17-6-4-5-7-19(17)26-14-18(23)16-8-9-20(24-2)21(12-16)25-3/h8-9,12,15,17-19,23H,4-7,10-11,13-14H2,1-3H3;8-9,12,15,17,19H,4-7,10-11,13-14H2,1-3H3/t15-,17?,18?,19?;15-,17?,19?/m11/s1. The van der Waals surface area contributed by atoms with Gasteiger partial charge in [-0.05, 0) is 99.3 Å². The third-order valence-electron chi connectivity index (χ3n) is 11.6. The van der Waals surface area contributed by atoms with Crippen LogP contribution in [-0.4, -0.2) is 113 Å². The number of nitrogens with zero attached hydrogens (tertiary/aromatic N) is 2. The van der Waals surface area contributed by atoms with Gasteiger partial charge in [-0.2, -0.15) is 0 Å². The minimum atomic E-state index is -0.658. The first-order valence-electron chi connectivity index (χ1n) is 19.6. The van der Waals surface area contributed by atoms with Crippen molar-refractivity contribution in [2.75, 3.05) is 67.8 Å². The van der Waals surface area contributed by atoms with E-state index in [9.17, 15) is 9.90 Å². The van der Waals surface area contributed by atoms with E-state index >= 15 is 0 Å². The van der Waals surface area contributed by atoms with Gasteiger partial charge in [-0.25, -0.2) is 0 Å². The van der Waals surface area contributed by atoms with Crippen molar-refractivity contribution < 1.29 is 38.3 Å². The maximum Gasteiger partial charge on any atom is 0.188 e. The molecule has 0 amide bonds. The van der Waals surface area contributed by atoms with Crippen LogP contribution < -0.4 is 18.9 Å². The normalized spacial score (nSPS) is 27.4. The van der Waals surface area contributed by atoms with Gasteiger partial charge in [-0.1, -0.05) is 45.6 Å². The van der Waals surface area contributed by atoms with Gasteiger partial charge in [0.2, 0.25) is 0 Å². The van der Waals surface area contributed by atoms with Gasteiger partial charge < -0.3 is 33.5 Å². The lowest BCUT2D eigenvalue weighted by molar-refractivity contribution is -0.0628. The van der Waals surface area contributed by atoms with Crippen LogP contribution >= 0.6 is 0 Å². The van der Waals surface area contributed by atoms with Crippen molar-refractivity contribution in [2.24, 2.45) is 11.8 Å². The number of hydrogen-bond donors (Lipinski definition) is 1. The minimum Gasteiger partial charge on any atom is -0.493 e. The zero-order valence-electron chi connectivity index (χ0n) is 32.5. The third-order valence-corrected chi connectivity index (χ3v) is 11.6. The predicted molar refractivity (Wildman–Crippen MR) is 203 cm³/mol. The molecule has 2 aliphatic carbocycles. The summed E-state index contributed by atoms with van der Waals surface area (Å²) >= 11 is 0. The Labute approximate surface area is 312 Å². The van der Waals surface area contributed by atoms with Crippen LogP contribution in [0.25, 0.3) is 0 Å². The molecule has 4 fully saturated rings. The van der Waals surface area contributed by atoms with Gasteiger partial charge in [0, 0.05) is 30.7 Å². The summed E-state index contributed by atoms with van der Waals surface area (Å²) in [4.78, 5) is 17.8. The lowest BCUT2D eigenvalue weighted by atomic mass is 9.91. The quantitative estimate of drug-likeness (QED) is 0.206. The van der Waals surface area contributed by atoms with Gasteiger partial charge >= 0.3 is 0 Å². The fourth-order valence-corrected chi connectivity index (χ4v) is 8.57. The van der Waals surface area contributed by atoms with Crippen LogP contribution in [0.4, 0.5) is 0 Å². The number of ether oxygens (including phenoxy) is 6. The first kappa shape index (κ1) is 40.3. The second-order valence-corrected chi connectivity index (χ2v) is 15.3. The lowest BCUT2D eigenvalue weighted by Gasteiger charge is -2.38. The molecule has 0 spiro atoms. The van der Waals surface area contributed by atoms with Crippen molar-refractivity contribution in [1.29, 1.82) is 0 Å². The maximum absolute atomic E-state index is 12.6. The van der Waals surface area contributed by atoms with Gasteiger partial charge in [0.1, 0.15) is 12.7 Å². The van der Waals surface area contributed by atoms with E-state index < -0.39 is 6.10 Å². The molecule has 5 unspecified atom stereocenters. The molecule has 290 valence electrons. The van der Waals surface area contributed by atoms with Crippen molar-refractivity contribution in [1.82, 2.24) is 9.80 Å². The summed E-state index contributed by atoms with van der Waals surface area (Å²) in [6.45, 7) is 9.79. The highest BCUT2D eigenvalue weighted by Gasteiger charge is 2.36. The summed E-state index contributed by atoms with van der Waals surface area (Å²) in [5.74, 6) is 4.04. The highest BCUT2D eigenvalue weighted by Crippen LogP contribution is 2.34. The van der Waals surface area contributed by atoms with Crippen LogP contribution in [0.2, 0.25) is 0 Å². The van der Waals surface area contributed by atoms with E-state index in [1.807, 2.05) is 18.2 Å². The molecule has 6 rings (SSSR count). The van der Waals surface area contributed by atoms with Crippen molar-refractivity contribution >= 4 is 5.78 Å². The molecule has 52 heavy (non-hydrogen) atoms. The molecule has 0 radical (unpaired) electrons. The fraction of sp³-hybridized carbons (Fsp3) is 0.690. The van der Waals surface area contributed by atoms with E-state index in [-0.39, 0.29) is 24.6 Å². The van der Waals surface area contributed by atoms with Crippen LogP contribution in [0, 0.1) is 11.8 Å². The Morgan fingerprint density at radius 2 is 1.17 bits per heavy atom. The molecule has 1 N–H and O–H groups in total. The van der Waals surface area contributed by atoms with Crippen LogP contribution in [0.3, 0.4) is 0 Å². The van der Waals surface area contributed by atoms with E-state index in [0.717, 1.165) is 43.3 Å². The average Bonchev–Trinajstić information content (AvgIpc) is 3.83.